The van der Waals surface area contributed by atoms with Gasteiger partial charge in [0.15, 0.2) is 0 Å². The van der Waals surface area contributed by atoms with E-state index in [0.717, 1.165) is 22.6 Å². The summed E-state index contributed by atoms with van der Waals surface area (Å²) in [5.41, 5.74) is 3.96. The van der Waals surface area contributed by atoms with Crippen molar-refractivity contribution < 1.29 is 0 Å². The number of anilines is 2. The number of aromatic nitrogens is 4. The van der Waals surface area contributed by atoms with E-state index < -0.39 is 0 Å². The Morgan fingerprint density at radius 3 is 2.56 bits per heavy atom. The molecule has 5 heteroatoms. The second-order valence-electron chi connectivity index (χ2n) is 7.07. The van der Waals surface area contributed by atoms with E-state index in [-0.39, 0.29) is 5.41 Å². The van der Waals surface area contributed by atoms with Crippen molar-refractivity contribution in [3.63, 3.8) is 0 Å². The molecular formula is C20H23N5. The SMILES string of the molecule is Cc1ncc(/C=C/C(C)(C)C)cc1Nc1ncn(-c2ccccc2)n1. The van der Waals surface area contributed by atoms with Crippen LogP contribution in [0.2, 0.25) is 0 Å². The lowest BCUT2D eigenvalue weighted by Crippen LogP contribution is -2.00. The van der Waals surface area contributed by atoms with Crippen LogP contribution in [0.3, 0.4) is 0 Å². The van der Waals surface area contributed by atoms with E-state index in [4.69, 9.17) is 0 Å². The van der Waals surface area contributed by atoms with Crippen molar-refractivity contribution in [1.29, 1.82) is 0 Å². The quantitative estimate of drug-likeness (QED) is 0.747. The first kappa shape index (κ1) is 16.9. The highest BCUT2D eigenvalue weighted by Crippen LogP contribution is 2.21. The fourth-order valence-electron chi connectivity index (χ4n) is 2.26. The number of para-hydroxylation sites is 1. The van der Waals surface area contributed by atoms with Crippen LogP contribution in [0.25, 0.3) is 11.8 Å². The van der Waals surface area contributed by atoms with Crippen LogP contribution >= 0.6 is 0 Å². The molecule has 128 valence electrons. The van der Waals surface area contributed by atoms with E-state index >= 15 is 0 Å². The number of pyridine rings is 1. The number of aryl methyl sites for hydroxylation is 1. The monoisotopic (exact) mass is 333 g/mol. The molecule has 1 N–H and O–H groups in total. The number of hydrogen-bond acceptors (Lipinski definition) is 4. The van der Waals surface area contributed by atoms with Gasteiger partial charge in [-0.05, 0) is 36.1 Å². The largest absolute Gasteiger partial charge is 0.321 e. The van der Waals surface area contributed by atoms with Crippen LogP contribution in [-0.4, -0.2) is 19.7 Å². The number of rotatable bonds is 4. The summed E-state index contributed by atoms with van der Waals surface area (Å²) < 4.78 is 1.74. The van der Waals surface area contributed by atoms with Gasteiger partial charge < -0.3 is 5.32 Å². The van der Waals surface area contributed by atoms with Crippen molar-refractivity contribution in [3.05, 3.63) is 66.3 Å². The van der Waals surface area contributed by atoms with Crippen molar-refractivity contribution in [1.82, 2.24) is 19.7 Å². The maximum atomic E-state index is 4.48. The van der Waals surface area contributed by atoms with Crippen LogP contribution in [0, 0.1) is 12.3 Å². The maximum Gasteiger partial charge on any atom is 0.247 e. The Bertz CT molecular complexity index is 873. The minimum absolute atomic E-state index is 0.133. The minimum atomic E-state index is 0.133. The summed E-state index contributed by atoms with van der Waals surface area (Å²) in [4.78, 5) is 8.80. The lowest BCUT2D eigenvalue weighted by molar-refractivity contribution is 0.547. The molecule has 25 heavy (non-hydrogen) atoms. The molecule has 0 aliphatic heterocycles. The third-order valence-corrected chi connectivity index (χ3v) is 3.64. The van der Waals surface area contributed by atoms with Gasteiger partial charge in [-0.15, -0.1) is 5.10 Å². The Kier molecular flexibility index (Phi) is 4.65. The van der Waals surface area contributed by atoms with Crippen LogP contribution < -0.4 is 5.32 Å². The van der Waals surface area contributed by atoms with E-state index in [1.807, 2.05) is 43.5 Å². The normalized spacial score (nSPS) is 11.8. The van der Waals surface area contributed by atoms with Crippen molar-refractivity contribution in [2.24, 2.45) is 5.41 Å². The summed E-state index contributed by atoms with van der Waals surface area (Å²) in [5, 5.41) is 7.74. The molecule has 3 rings (SSSR count). The number of nitrogens with one attached hydrogen (secondary N) is 1. The average Bonchev–Trinajstić information content (AvgIpc) is 3.04. The van der Waals surface area contributed by atoms with Gasteiger partial charge >= 0.3 is 0 Å². The van der Waals surface area contributed by atoms with E-state index in [1.165, 1.54) is 0 Å². The highest BCUT2D eigenvalue weighted by molar-refractivity contribution is 5.62. The molecule has 0 spiro atoms. The Morgan fingerprint density at radius 1 is 1.08 bits per heavy atom. The summed E-state index contributed by atoms with van der Waals surface area (Å²) in [6.07, 6.45) is 7.83. The average molecular weight is 333 g/mol. The summed E-state index contributed by atoms with van der Waals surface area (Å²) in [5.74, 6) is 0.547. The zero-order valence-corrected chi connectivity index (χ0v) is 15.1. The third-order valence-electron chi connectivity index (χ3n) is 3.64. The van der Waals surface area contributed by atoms with Gasteiger partial charge in [-0.3, -0.25) is 4.98 Å². The molecular weight excluding hydrogens is 310 g/mol. The summed E-state index contributed by atoms with van der Waals surface area (Å²) >= 11 is 0. The van der Waals surface area contributed by atoms with Crippen molar-refractivity contribution in [2.75, 3.05) is 5.32 Å². The summed E-state index contributed by atoms with van der Waals surface area (Å²) in [6, 6.07) is 12.0. The van der Waals surface area contributed by atoms with Gasteiger partial charge in [-0.1, -0.05) is 51.1 Å². The van der Waals surface area contributed by atoms with Crippen LogP contribution in [0.5, 0.6) is 0 Å². The first-order valence-electron chi connectivity index (χ1n) is 8.31. The van der Waals surface area contributed by atoms with Crippen LogP contribution in [0.1, 0.15) is 32.0 Å². The predicted octanol–water partition coefficient (Wildman–Crippen LogP) is 4.77. The van der Waals surface area contributed by atoms with Gasteiger partial charge in [-0.25, -0.2) is 4.68 Å². The molecule has 0 aliphatic carbocycles. The second-order valence-corrected chi connectivity index (χ2v) is 7.07. The molecule has 0 bridgehead atoms. The van der Waals surface area contributed by atoms with Crippen LogP contribution in [0.4, 0.5) is 11.6 Å². The van der Waals surface area contributed by atoms with E-state index in [9.17, 15) is 0 Å². The van der Waals surface area contributed by atoms with Gasteiger partial charge in [0.25, 0.3) is 0 Å². The molecule has 1 aromatic carbocycles. The molecule has 0 amide bonds. The summed E-state index contributed by atoms with van der Waals surface area (Å²) in [6.45, 7) is 8.48. The van der Waals surface area contributed by atoms with Gasteiger partial charge in [0, 0.05) is 6.20 Å². The van der Waals surface area contributed by atoms with Crippen molar-refractivity contribution in [3.8, 4) is 5.69 Å². The second kappa shape index (κ2) is 6.89. The Balaban J connectivity index is 1.81. The van der Waals surface area contributed by atoms with Gasteiger partial charge in [0.1, 0.15) is 6.33 Å². The van der Waals surface area contributed by atoms with Crippen molar-refractivity contribution >= 4 is 17.7 Å². The zero-order chi connectivity index (χ0) is 17.9. The molecule has 0 atom stereocenters. The smallest absolute Gasteiger partial charge is 0.247 e. The van der Waals surface area contributed by atoms with Gasteiger partial charge in [0.2, 0.25) is 5.95 Å². The summed E-state index contributed by atoms with van der Waals surface area (Å²) in [7, 11) is 0. The van der Waals surface area contributed by atoms with E-state index in [1.54, 1.807) is 11.0 Å². The molecule has 0 fully saturated rings. The zero-order valence-electron chi connectivity index (χ0n) is 15.1. The molecule has 0 radical (unpaired) electrons. The lowest BCUT2D eigenvalue weighted by atomic mass is 9.95. The molecule has 0 saturated carbocycles. The molecule has 0 aliphatic rings. The standard InChI is InChI=1S/C20H23N5/c1-15-18(12-16(13-21-15)10-11-20(2,3)4)23-19-22-14-25(24-19)17-8-6-5-7-9-17/h5-14H,1-4H3,(H,23,24)/b11-10+. The Morgan fingerprint density at radius 2 is 1.84 bits per heavy atom. The Labute approximate surface area is 148 Å². The molecule has 0 unspecified atom stereocenters. The highest BCUT2D eigenvalue weighted by Gasteiger charge is 2.07. The molecule has 0 saturated heterocycles. The highest BCUT2D eigenvalue weighted by atomic mass is 15.4. The van der Waals surface area contributed by atoms with E-state index in [0.29, 0.717) is 5.95 Å². The topological polar surface area (TPSA) is 55.6 Å². The Hall–Kier alpha value is -2.95. The first-order valence-corrected chi connectivity index (χ1v) is 8.31. The van der Waals surface area contributed by atoms with Gasteiger partial charge in [0.05, 0.1) is 17.1 Å². The predicted molar refractivity (Wildman–Crippen MR) is 102 cm³/mol. The fourth-order valence-corrected chi connectivity index (χ4v) is 2.26. The van der Waals surface area contributed by atoms with E-state index in [2.05, 4.69) is 59.4 Å². The minimum Gasteiger partial charge on any atom is -0.321 e. The van der Waals surface area contributed by atoms with Crippen molar-refractivity contribution in [2.45, 2.75) is 27.7 Å². The number of hydrogen-bond donors (Lipinski definition) is 1. The number of nitrogens with zero attached hydrogens (tertiary/aromatic N) is 4. The maximum absolute atomic E-state index is 4.48. The first-order chi connectivity index (χ1) is 11.9. The molecule has 5 nitrogen and oxygen atoms in total. The molecule has 2 heterocycles. The number of benzene rings is 1. The van der Waals surface area contributed by atoms with Crippen LogP contribution in [0.15, 0.2) is 55.0 Å². The number of allylic oxidation sites excluding steroid dienone is 1. The molecule has 2 aromatic heterocycles. The van der Waals surface area contributed by atoms with Gasteiger partial charge in [-0.2, -0.15) is 4.98 Å². The molecule has 3 aromatic rings. The third kappa shape index (κ3) is 4.53. The lowest BCUT2D eigenvalue weighted by Gasteiger charge is -2.11. The fraction of sp³-hybridized carbons (Fsp3) is 0.250. The van der Waals surface area contributed by atoms with Crippen LogP contribution in [-0.2, 0) is 0 Å².